The fourth-order valence-electron chi connectivity index (χ4n) is 3.21. The Balaban J connectivity index is 1.96. The number of aliphatic hydroxyl groups excluding tert-OH is 1. The molecule has 7 nitrogen and oxygen atoms in total. The molecular weight excluding hydrogens is 475 g/mol. The molecule has 0 aromatic heterocycles. The molecule has 0 saturated carbocycles. The molecule has 1 aliphatic carbocycles. The Kier molecular flexibility index (Phi) is 7.37. The topological polar surface area (TPSA) is 96.9 Å². The summed E-state index contributed by atoms with van der Waals surface area (Å²) in [5.74, 6) is -0.354. The van der Waals surface area contributed by atoms with Crippen molar-refractivity contribution in [2.24, 2.45) is 0 Å². The Hall–Kier alpha value is -2.01. The van der Waals surface area contributed by atoms with Gasteiger partial charge in [-0.05, 0) is 25.0 Å². The molecule has 0 amide bonds. The lowest BCUT2D eigenvalue weighted by molar-refractivity contribution is -0.165. The van der Waals surface area contributed by atoms with Gasteiger partial charge in [0.25, 0.3) is 0 Å². The summed E-state index contributed by atoms with van der Waals surface area (Å²) in [6, 6.07) is 10.5. The molecule has 8 heteroatoms. The van der Waals surface area contributed by atoms with E-state index in [-0.39, 0.29) is 18.2 Å². The number of hydrogen-bond acceptors (Lipinski definition) is 7. The van der Waals surface area contributed by atoms with E-state index in [2.05, 4.69) is 13.9 Å². The first-order valence-electron chi connectivity index (χ1n) is 9.03. The normalized spacial score (nSPS) is 12.5. The van der Waals surface area contributed by atoms with Crippen molar-refractivity contribution in [1.29, 1.82) is 0 Å². The van der Waals surface area contributed by atoms with Crippen LogP contribution < -0.4 is 10.6 Å². The molecule has 0 saturated heterocycles. The molecule has 148 valence electrons. The number of aliphatic hydroxyl groups is 1. The second-order valence-corrected chi connectivity index (χ2v) is 6.64. The summed E-state index contributed by atoms with van der Waals surface area (Å²) in [6.07, 6.45) is 1.22. The zero-order chi connectivity index (χ0) is 19.9. The van der Waals surface area contributed by atoms with Gasteiger partial charge in [0.2, 0.25) is 0 Å². The van der Waals surface area contributed by atoms with E-state index >= 15 is 0 Å². The van der Waals surface area contributed by atoms with E-state index in [1.165, 1.54) is 0 Å². The fraction of sp³-hybridized carbons (Fsp3) is 0.300. The van der Waals surface area contributed by atoms with E-state index < -0.39 is 0 Å². The molecule has 3 rings (SSSR count). The van der Waals surface area contributed by atoms with Crippen LogP contribution in [0.25, 0.3) is 0 Å². The van der Waals surface area contributed by atoms with Crippen molar-refractivity contribution < 1.29 is 22.8 Å². The Morgan fingerprint density at radius 2 is 1.39 bits per heavy atom. The van der Waals surface area contributed by atoms with E-state index in [0.29, 0.717) is 66.2 Å². The molecule has 1 aliphatic rings. The van der Waals surface area contributed by atoms with Gasteiger partial charge in [0.1, 0.15) is 0 Å². The highest BCUT2D eigenvalue weighted by molar-refractivity contribution is 14.1. The quantitative estimate of drug-likeness (QED) is 0.172. The molecule has 3 N–H and O–H groups in total. The minimum Gasteiger partial charge on any atom is -0.396 e. The number of anilines is 2. The molecule has 0 unspecified atom stereocenters. The number of hydrogen-bond donors (Lipinski definition) is 3. The van der Waals surface area contributed by atoms with Crippen molar-refractivity contribution >= 4 is 45.9 Å². The first kappa shape index (κ1) is 20.7. The second kappa shape index (κ2) is 9.97. The van der Waals surface area contributed by atoms with Crippen LogP contribution >= 0.6 is 23.0 Å². The molecule has 0 bridgehead atoms. The van der Waals surface area contributed by atoms with Gasteiger partial charge in [0.05, 0.1) is 17.7 Å². The van der Waals surface area contributed by atoms with Crippen LogP contribution in [-0.4, -0.2) is 43.0 Å². The van der Waals surface area contributed by atoms with Crippen molar-refractivity contribution in [3.63, 3.8) is 0 Å². The summed E-state index contributed by atoms with van der Waals surface area (Å²) in [4.78, 5) is 31.2. The van der Waals surface area contributed by atoms with Crippen LogP contribution in [0.1, 0.15) is 44.7 Å². The minimum atomic E-state index is -0.179. The summed E-state index contributed by atoms with van der Waals surface area (Å²) in [5.41, 5.74) is 2.80. The van der Waals surface area contributed by atoms with Gasteiger partial charge in [-0.25, -0.2) is 4.89 Å². The smallest absolute Gasteiger partial charge is 0.196 e. The highest BCUT2D eigenvalue weighted by Crippen LogP contribution is 2.36. The maximum absolute atomic E-state index is 13.2. The Morgan fingerprint density at radius 1 is 0.857 bits per heavy atom. The van der Waals surface area contributed by atoms with Crippen LogP contribution in [0.5, 0.6) is 0 Å². The lowest BCUT2D eigenvalue weighted by Gasteiger charge is -2.24. The first-order valence-corrected chi connectivity index (χ1v) is 9.91. The Labute approximate surface area is 177 Å². The number of nitrogens with one attached hydrogen (secondary N) is 2. The average molecular weight is 496 g/mol. The van der Waals surface area contributed by atoms with Gasteiger partial charge in [0, 0.05) is 42.2 Å². The van der Waals surface area contributed by atoms with Gasteiger partial charge in [-0.1, -0.05) is 24.3 Å². The minimum absolute atomic E-state index is 0.0492. The number of ketones is 2. The van der Waals surface area contributed by atoms with Crippen molar-refractivity contribution in [3.8, 4) is 0 Å². The van der Waals surface area contributed by atoms with Crippen molar-refractivity contribution in [1.82, 2.24) is 0 Å². The number of rotatable bonds is 10. The predicted molar refractivity (Wildman–Crippen MR) is 114 cm³/mol. The standard InChI is InChI=1S/C20H21IN2O5/c21-28-27-12-4-10-23-16-8-7-15(22-9-3-11-24)17-18(16)20(26)14-6-2-1-5-13(14)19(17)25/h1-2,5-8,22-24H,3-4,9-12H2. The summed E-state index contributed by atoms with van der Waals surface area (Å²) >= 11 is 1.65. The highest BCUT2D eigenvalue weighted by Gasteiger charge is 2.33. The second-order valence-electron chi connectivity index (χ2n) is 6.28. The molecule has 28 heavy (non-hydrogen) atoms. The fourth-order valence-corrected chi connectivity index (χ4v) is 3.38. The number of fused-ring (bicyclic) bond motifs is 2. The van der Waals surface area contributed by atoms with E-state index in [4.69, 9.17) is 9.99 Å². The molecule has 2 aromatic rings. The van der Waals surface area contributed by atoms with Gasteiger partial charge in [-0.3, -0.25) is 9.59 Å². The Morgan fingerprint density at radius 3 is 1.89 bits per heavy atom. The van der Waals surface area contributed by atoms with Gasteiger partial charge >= 0.3 is 0 Å². The third-order valence-electron chi connectivity index (χ3n) is 4.49. The molecule has 0 atom stereocenters. The zero-order valence-electron chi connectivity index (χ0n) is 15.2. The largest absolute Gasteiger partial charge is 0.396 e. The predicted octanol–water partition coefficient (Wildman–Crippen LogP) is 3.36. The molecular formula is C20H21IN2O5. The van der Waals surface area contributed by atoms with Crippen LogP contribution in [-0.2, 0) is 8.10 Å². The summed E-state index contributed by atoms with van der Waals surface area (Å²) in [5, 5.41) is 15.4. The third-order valence-corrected chi connectivity index (χ3v) is 4.74. The number of carbonyl (C=O) groups is 2. The van der Waals surface area contributed by atoms with Crippen LogP contribution in [0.2, 0.25) is 0 Å². The molecule has 2 aromatic carbocycles. The van der Waals surface area contributed by atoms with Crippen LogP contribution in [0.15, 0.2) is 36.4 Å². The van der Waals surface area contributed by atoms with E-state index in [9.17, 15) is 9.59 Å². The molecule has 0 radical (unpaired) electrons. The average Bonchev–Trinajstić information content (AvgIpc) is 2.72. The first-order chi connectivity index (χ1) is 13.7. The van der Waals surface area contributed by atoms with Gasteiger partial charge in [-0.2, -0.15) is 3.22 Å². The third kappa shape index (κ3) is 4.35. The molecule has 0 fully saturated rings. The monoisotopic (exact) mass is 496 g/mol. The maximum Gasteiger partial charge on any atom is 0.196 e. The van der Waals surface area contributed by atoms with Crippen LogP contribution in [0.3, 0.4) is 0 Å². The van der Waals surface area contributed by atoms with E-state index in [0.717, 1.165) is 0 Å². The summed E-state index contributed by atoms with van der Waals surface area (Å²) in [7, 11) is 0. The van der Waals surface area contributed by atoms with Gasteiger partial charge in [-0.15, -0.1) is 0 Å². The van der Waals surface area contributed by atoms with Gasteiger partial charge < -0.3 is 15.7 Å². The number of halogens is 1. The van der Waals surface area contributed by atoms with Crippen molar-refractivity contribution in [3.05, 3.63) is 58.7 Å². The van der Waals surface area contributed by atoms with Crippen molar-refractivity contribution in [2.75, 3.05) is 36.9 Å². The number of carbonyl (C=O) groups excluding carboxylic acids is 2. The highest BCUT2D eigenvalue weighted by atomic mass is 127. The summed E-state index contributed by atoms with van der Waals surface area (Å²) in [6.45, 7) is 1.53. The lowest BCUT2D eigenvalue weighted by Crippen LogP contribution is -2.24. The SMILES string of the molecule is O=C1c2ccccc2C(=O)c2c(NCCCOOI)ccc(NCCCO)c21. The summed E-state index contributed by atoms with van der Waals surface area (Å²) < 4.78 is 4.53. The lowest BCUT2D eigenvalue weighted by atomic mass is 9.82. The Bertz CT molecular complexity index is 872. The van der Waals surface area contributed by atoms with Gasteiger partial charge in [0.15, 0.2) is 34.6 Å². The van der Waals surface area contributed by atoms with Crippen LogP contribution in [0.4, 0.5) is 11.4 Å². The number of benzene rings is 2. The molecule has 0 spiro atoms. The maximum atomic E-state index is 13.2. The molecule has 0 heterocycles. The van der Waals surface area contributed by atoms with E-state index in [1.807, 2.05) is 0 Å². The van der Waals surface area contributed by atoms with E-state index in [1.54, 1.807) is 59.4 Å². The van der Waals surface area contributed by atoms with Crippen LogP contribution in [0, 0.1) is 0 Å². The molecule has 0 aliphatic heterocycles. The zero-order valence-corrected chi connectivity index (χ0v) is 17.3. The van der Waals surface area contributed by atoms with Crippen molar-refractivity contribution in [2.45, 2.75) is 12.8 Å².